The summed E-state index contributed by atoms with van der Waals surface area (Å²) in [5.74, 6) is -0.735. The predicted octanol–water partition coefficient (Wildman–Crippen LogP) is -0.262. The van der Waals surface area contributed by atoms with Crippen LogP contribution in [0.5, 0.6) is 0 Å². The Labute approximate surface area is 76.5 Å². The topological polar surface area (TPSA) is 81.9 Å². The van der Waals surface area contributed by atoms with Crippen molar-refractivity contribution in [1.82, 2.24) is 5.06 Å². The summed E-state index contributed by atoms with van der Waals surface area (Å²) in [6.45, 7) is 1.57. The van der Waals surface area contributed by atoms with Crippen LogP contribution in [0, 0.1) is 5.92 Å². The first-order chi connectivity index (χ1) is 5.99. The number of nitrogens with zero attached hydrogens (tertiary/aromatic N) is 1. The molecule has 0 saturated heterocycles. The zero-order valence-electron chi connectivity index (χ0n) is 7.94. The second-order valence-electron chi connectivity index (χ2n) is 2.55. The summed E-state index contributed by atoms with van der Waals surface area (Å²) in [6, 6.07) is 0. The summed E-state index contributed by atoms with van der Waals surface area (Å²) in [6.07, 6.45) is -0.889. The molecule has 0 rings (SSSR count). The predicted molar refractivity (Wildman–Crippen MR) is 44.5 cm³/mol. The molecule has 0 heterocycles. The lowest BCUT2D eigenvalue weighted by molar-refractivity contribution is -0.173. The van der Waals surface area contributed by atoms with E-state index < -0.39 is 12.0 Å². The Morgan fingerprint density at radius 3 is 2.46 bits per heavy atom. The third kappa shape index (κ3) is 4.32. The van der Waals surface area contributed by atoms with Crippen molar-refractivity contribution in [3.05, 3.63) is 0 Å². The highest BCUT2D eigenvalue weighted by molar-refractivity contribution is 5.77. The summed E-state index contributed by atoms with van der Waals surface area (Å²) in [5, 5.41) is 1.06. The molecule has 0 aliphatic heterocycles. The average molecular weight is 190 g/mol. The minimum absolute atomic E-state index is 0.0398. The minimum atomic E-state index is -0.889. The van der Waals surface area contributed by atoms with Gasteiger partial charge in [0.15, 0.2) is 0 Å². The maximum absolute atomic E-state index is 11.3. The molecule has 0 bridgehead atoms. The van der Waals surface area contributed by atoms with E-state index in [2.05, 4.69) is 9.57 Å². The van der Waals surface area contributed by atoms with Crippen molar-refractivity contribution < 1.29 is 19.2 Å². The first kappa shape index (κ1) is 11.7. The molecule has 0 aliphatic carbocycles. The highest BCUT2D eigenvalue weighted by Crippen LogP contribution is 2.01. The summed E-state index contributed by atoms with van der Waals surface area (Å²) in [7, 11) is 2.85. The molecule has 13 heavy (non-hydrogen) atoms. The van der Waals surface area contributed by atoms with Gasteiger partial charge in [-0.05, 0) is 0 Å². The minimum Gasteiger partial charge on any atom is -0.449 e. The maximum atomic E-state index is 11.3. The fourth-order valence-electron chi connectivity index (χ4n) is 0.679. The number of carbonyl (C=O) groups excluding carboxylic acids is 2. The molecule has 0 radical (unpaired) electrons. The largest absolute Gasteiger partial charge is 0.449 e. The number of primary amides is 1. The molecular weight excluding hydrogens is 176 g/mol. The SMILES string of the molecule is CON(C)C(=O)C(C)COC(N)=O. The molecule has 0 saturated carbocycles. The van der Waals surface area contributed by atoms with Gasteiger partial charge < -0.3 is 10.5 Å². The molecule has 0 aromatic rings. The molecular formula is C7H14N2O4. The molecule has 6 heteroatoms. The Morgan fingerprint density at radius 1 is 1.54 bits per heavy atom. The van der Waals surface area contributed by atoms with Crippen molar-refractivity contribution in [3.63, 3.8) is 0 Å². The summed E-state index contributed by atoms with van der Waals surface area (Å²) < 4.78 is 4.46. The summed E-state index contributed by atoms with van der Waals surface area (Å²) in [5.41, 5.74) is 4.73. The highest BCUT2D eigenvalue weighted by atomic mass is 16.7. The third-order valence-corrected chi connectivity index (χ3v) is 1.48. The van der Waals surface area contributed by atoms with Crippen LogP contribution >= 0.6 is 0 Å². The molecule has 0 aliphatic rings. The molecule has 1 unspecified atom stereocenters. The first-order valence-corrected chi connectivity index (χ1v) is 3.73. The Kier molecular flexibility index (Phi) is 4.83. The number of rotatable bonds is 4. The Bertz CT molecular complexity index is 195. The number of hydroxylamine groups is 2. The number of hydrogen-bond donors (Lipinski definition) is 1. The lowest BCUT2D eigenvalue weighted by atomic mass is 10.2. The normalized spacial score (nSPS) is 11.9. The summed E-state index contributed by atoms with van der Waals surface area (Å²) >= 11 is 0. The maximum Gasteiger partial charge on any atom is 0.404 e. The van der Waals surface area contributed by atoms with E-state index in [0.717, 1.165) is 5.06 Å². The Balaban J connectivity index is 3.89. The van der Waals surface area contributed by atoms with Crippen LogP contribution in [0.2, 0.25) is 0 Å². The monoisotopic (exact) mass is 190 g/mol. The van der Waals surface area contributed by atoms with Crippen LogP contribution in [0.25, 0.3) is 0 Å². The van der Waals surface area contributed by atoms with Crippen LogP contribution in [0.1, 0.15) is 6.92 Å². The van der Waals surface area contributed by atoms with Gasteiger partial charge in [0.1, 0.15) is 6.61 Å². The molecule has 0 aromatic carbocycles. The van der Waals surface area contributed by atoms with Crippen molar-refractivity contribution in [2.24, 2.45) is 11.7 Å². The Hall–Kier alpha value is -1.30. The summed E-state index contributed by atoms with van der Waals surface area (Å²) in [4.78, 5) is 26.1. The van der Waals surface area contributed by atoms with Gasteiger partial charge >= 0.3 is 6.09 Å². The van der Waals surface area contributed by atoms with Crippen molar-refractivity contribution in [2.75, 3.05) is 20.8 Å². The van der Waals surface area contributed by atoms with E-state index in [-0.39, 0.29) is 12.5 Å². The molecule has 0 spiro atoms. The van der Waals surface area contributed by atoms with Gasteiger partial charge in [-0.3, -0.25) is 9.63 Å². The van der Waals surface area contributed by atoms with Gasteiger partial charge in [-0.2, -0.15) is 0 Å². The first-order valence-electron chi connectivity index (χ1n) is 3.73. The lowest BCUT2D eigenvalue weighted by Crippen LogP contribution is -2.33. The molecule has 2 amide bonds. The van der Waals surface area contributed by atoms with Crippen molar-refractivity contribution >= 4 is 12.0 Å². The fourth-order valence-corrected chi connectivity index (χ4v) is 0.679. The lowest BCUT2D eigenvalue weighted by Gasteiger charge is -2.17. The van der Waals surface area contributed by atoms with Crippen molar-refractivity contribution in [1.29, 1.82) is 0 Å². The van der Waals surface area contributed by atoms with Crippen LogP contribution in [-0.4, -0.2) is 37.8 Å². The standard InChI is InChI=1S/C7H14N2O4/c1-5(4-13-7(8)11)6(10)9(2)12-3/h5H,4H2,1-3H3,(H2,8,11). The van der Waals surface area contributed by atoms with Gasteiger partial charge in [-0.1, -0.05) is 6.92 Å². The van der Waals surface area contributed by atoms with E-state index in [0.29, 0.717) is 0 Å². The van der Waals surface area contributed by atoms with E-state index in [4.69, 9.17) is 5.73 Å². The van der Waals surface area contributed by atoms with Crippen LogP contribution < -0.4 is 5.73 Å². The second kappa shape index (κ2) is 5.36. The smallest absolute Gasteiger partial charge is 0.404 e. The number of hydrogen-bond acceptors (Lipinski definition) is 4. The zero-order valence-corrected chi connectivity index (χ0v) is 7.94. The van der Waals surface area contributed by atoms with Crippen molar-refractivity contribution in [3.8, 4) is 0 Å². The molecule has 1 atom stereocenters. The van der Waals surface area contributed by atoms with Crippen LogP contribution in [0.15, 0.2) is 0 Å². The molecule has 2 N–H and O–H groups in total. The van der Waals surface area contributed by atoms with Gasteiger partial charge in [-0.15, -0.1) is 0 Å². The second-order valence-corrected chi connectivity index (χ2v) is 2.55. The van der Waals surface area contributed by atoms with E-state index in [1.807, 2.05) is 0 Å². The fraction of sp³-hybridized carbons (Fsp3) is 0.714. The van der Waals surface area contributed by atoms with Gasteiger partial charge in [0, 0.05) is 7.05 Å². The number of amides is 2. The molecule has 6 nitrogen and oxygen atoms in total. The van der Waals surface area contributed by atoms with Crippen LogP contribution in [0.4, 0.5) is 4.79 Å². The van der Waals surface area contributed by atoms with Gasteiger partial charge in [-0.25, -0.2) is 9.86 Å². The van der Waals surface area contributed by atoms with E-state index in [1.54, 1.807) is 6.92 Å². The molecule has 0 fully saturated rings. The van der Waals surface area contributed by atoms with E-state index >= 15 is 0 Å². The van der Waals surface area contributed by atoms with Gasteiger partial charge in [0.2, 0.25) is 0 Å². The van der Waals surface area contributed by atoms with E-state index in [9.17, 15) is 9.59 Å². The number of nitrogens with two attached hydrogens (primary N) is 1. The quantitative estimate of drug-likeness (QED) is 0.619. The van der Waals surface area contributed by atoms with Crippen molar-refractivity contribution in [2.45, 2.75) is 6.92 Å². The van der Waals surface area contributed by atoms with Gasteiger partial charge in [0.25, 0.3) is 5.91 Å². The molecule has 76 valence electrons. The average Bonchev–Trinajstić information content (AvgIpc) is 2.11. The van der Waals surface area contributed by atoms with Gasteiger partial charge in [0.05, 0.1) is 13.0 Å². The van der Waals surface area contributed by atoms with Crippen LogP contribution in [-0.2, 0) is 14.4 Å². The molecule has 0 aromatic heterocycles. The van der Waals surface area contributed by atoms with E-state index in [1.165, 1.54) is 14.2 Å². The highest BCUT2D eigenvalue weighted by Gasteiger charge is 2.18. The Morgan fingerprint density at radius 2 is 2.08 bits per heavy atom. The van der Waals surface area contributed by atoms with Crippen LogP contribution in [0.3, 0.4) is 0 Å². The zero-order chi connectivity index (χ0) is 10.4. The number of ether oxygens (including phenoxy) is 1. The third-order valence-electron chi connectivity index (χ3n) is 1.48. The number of carbonyl (C=O) groups is 2.